The van der Waals surface area contributed by atoms with E-state index in [0.29, 0.717) is 17.9 Å². The van der Waals surface area contributed by atoms with Crippen LogP contribution in [-0.2, 0) is 5.75 Å². The van der Waals surface area contributed by atoms with Gasteiger partial charge < -0.3 is 5.73 Å². The minimum atomic E-state index is -0.488. The van der Waals surface area contributed by atoms with Crippen LogP contribution >= 0.6 is 11.8 Å². The number of nitrogen functional groups attached to an aromatic ring is 1. The standard InChI is InChI=1S/C22H22N8O2S/c1-3-17(15-7-5-4-6-8-15)24-26-22(31)19-18(13-33-16-11-9-14(2)10-12-16)30(29-25-19)21-20(23)27-32-28-21/h4-12H,3,13H2,1-2H3,(H2,23,27)(H,26,31)/b24-17+. The van der Waals surface area contributed by atoms with Crippen molar-refractivity contribution in [3.05, 3.63) is 77.1 Å². The molecule has 10 nitrogen and oxygen atoms in total. The zero-order valence-corrected chi connectivity index (χ0v) is 18.9. The molecule has 0 aliphatic carbocycles. The molecule has 0 unspecified atom stereocenters. The number of carbonyl (C=O) groups is 1. The van der Waals surface area contributed by atoms with Crippen LogP contribution in [0.15, 0.2) is 69.2 Å². The van der Waals surface area contributed by atoms with E-state index in [-0.39, 0.29) is 17.3 Å². The molecule has 4 rings (SSSR count). The molecule has 1 amide bonds. The number of amides is 1. The summed E-state index contributed by atoms with van der Waals surface area (Å²) in [6, 6.07) is 17.7. The molecule has 11 heteroatoms. The number of carbonyl (C=O) groups excluding carboxylic acids is 1. The fraction of sp³-hybridized carbons (Fsp3) is 0.182. The number of rotatable bonds is 8. The van der Waals surface area contributed by atoms with Crippen molar-refractivity contribution in [1.82, 2.24) is 30.7 Å². The number of nitrogens with zero attached hydrogens (tertiary/aromatic N) is 6. The van der Waals surface area contributed by atoms with Gasteiger partial charge in [-0.05, 0) is 41.4 Å². The Labute approximate surface area is 194 Å². The van der Waals surface area contributed by atoms with Crippen LogP contribution in [-0.4, -0.2) is 36.9 Å². The maximum Gasteiger partial charge on any atom is 0.293 e. The second-order valence-corrected chi connectivity index (χ2v) is 8.14. The van der Waals surface area contributed by atoms with Gasteiger partial charge in [0.25, 0.3) is 5.91 Å². The highest BCUT2D eigenvalue weighted by Gasteiger charge is 2.24. The molecular weight excluding hydrogens is 440 g/mol. The average molecular weight is 463 g/mol. The normalized spacial score (nSPS) is 11.5. The zero-order valence-electron chi connectivity index (χ0n) is 18.1. The zero-order chi connectivity index (χ0) is 23.2. The van der Waals surface area contributed by atoms with E-state index in [4.69, 9.17) is 10.4 Å². The number of aromatic nitrogens is 5. The highest BCUT2D eigenvalue weighted by Crippen LogP contribution is 2.26. The molecule has 0 spiro atoms. The van der Waals surface area contributed by atoms with Crippen LogP contribution < -0.4 is 11.2 Å². The van der Waals surface area contributed by atoms with E-state index >= 15 is 0 Å². The first-order valence-corrected chi connectivity index (χ1v) is 11.2. The van der Waals surface area contributed by atoms with Crippen molar-refractivity contribution >= 4 is 29.2 Å². The molecular formula is C22H22N8O2S. The van der Waals surface area contributed by atoms with Gasteiger partial charge in [0.1, 0.15) is 0 Å². The van der Waals surface area contributed by atoms with E-state index < -0.39 is 5.91 Å². The number of hydrogen-bond donors (Lipinski definition) is 2. The summed E-state index contributed by atoms with van der Waals surface area (Å²) in [5.74, 6) is 0.110. The third-order valence-corrected chi connectivity index (χ3v) is 5.83. The first-order chi connectivity index (χ1) is 16.1. The number of hydrazone groups is 1. The van der Waals surface area contributed by atoms with E-state index in [1.807, 2.05) is 68.4 Å². The minimum Gasteiger partial charge on any atom is -0.378 e. The quantitative estimate of drug-likeness (QED) is 0.231. The molecule has 0 aliphatic rings. The monoisotopic (exact) mass is 462 g/mol. The first-order valence-electron chi connectivity index (χ1n) is 10.2. The fourth-order valence-corrected chi connectivity index (χ4v) is 3.94. The summed E-state index contributed by atoms with van der Waals surface area (Å²) in [6.45, 7) is 4.00. The Kier molecular flexibility index (Phi) is 6.79. The van der Waals surface area contributed by atoms with Crippen LogP contribution in [0.25, 0.3) is 5.82 Å². The molecule has 0 aliphatic heterocycles. The minimum absolute atomic E-state index is 0.0452. The number of nitrogens with one attached hydrogen (secondary N) is 1. The Morgan fingerprint density at radius 2 is 1.91 bits per heavy atom. The molecule has 2 aromatic carbocycles. The maximum atomic E-state index is 13.0. The lowest BCUT2D eigenvalue weighted by atomic mass is 10.1. The highest BCUT2D eigenvalue weighted by molar-refractivity contribution is 7.98. The second kappa shape index (κ2) is 10.1. The molecule has 2 aromatic heterocycles. The third kappa shape index (κ3) is 5.09. The Bertz CT molecular complexity index is 1270. The van der Waals surface area contributed by atoms with Crippen LogP contribution in [0.4, 0.5) is 5.82 Å². The van der Waals surface area contributed by atoms with E-state index in [1.165, 1.54) is 16.4 Å². The topological polar surface area (TPSA) is 137 Å². The smallest absolute Gasteiger partial charge is 0.293 e. The van der Waals surface area contributed by atoms with Gasteiger partial charge in [-0.25, -0.2) is 10.1 Å². The van der Waals surface area contributed by atoms with Gasteiger partial charge >= 0.3 is 0 Å². The Morgan fingerprint density at radius 3 is 2.58 bits per heavy atom. The van der Waals surface area contributed by atoms with Crippen molar-refractivity contribution in [3.8, 4) is 5.82 Å². The summed E-state index contributed by atoms with van der Waals surface area (Å²) in [7, 11) is 0. The van der Waals surface area contributed by atoms with Crippen LogP contribution in [0, 0.1) is 6.92 Å². The molecule has 0 saturated heterocycles. The maximum absolute atomic E-state index is 13.0. The van der Waals surface area contributed by atoms with Gasteiger partial charge in [-0.1, -0.05) is 60.2 Å². The number of thioether (sulfide) groups is 1. The predicted molar refractivity (Wildman–Crippen MR) is 125 cm³/mol. The summed E-state index contributed by atoms with van der Waals surface area (Å²) in [5, 5.41) is 19.8. The van der Waals surface area contributed by atoms with Gasteiger partial charge in [0.15, 0.2) is 5.69 Å². The number of hydrogen-bond acceptors (Lipinski definition) is 9. The number of benzene rings is 2. The van der Waals surface area contributed by atoms with E-state index in [0.717, 1.165) is 21.7 Å². The Balaban J connectivity index is 1.62. The molecule has 0 bridgehead atoms. The average Bonchev–Trinajstić information content (AvgIpc) is 3.45. The van der Waals surface area contributed by atoms with Crippen molar-refractivity contribution in [1.29, 1.82) is 0 Å². The van der Waals surface area contributed by atoms with Crippen molar-refractivity contribution < 1.29 is 9.42 Å². The molecule has 168 valence electrons. The van der Waals surface area contributed by atoms with Crippen LogP contribution in [0.3, 0.4) is 0 Å². The van der Waals surface area contributed by atoms with Gasteiger partial charge in [0, 0.05) is 10.6 Å². The van der Waals surface area contributed by atoms with Gasteiger partial charge in [0.2, 0.25) is 11.6 Å². The van der Waals surface area contributed by atoms with Gasteiger partial charge in [-0.15, -0.1) is 16.9 Å². The molecule has 0 fully saturated rings. The van der Waals surface area contributed by atoms with Crippen LogP contribution in [0.1, 0.15) is 40.7 Å². The Morgan fingerprint density at radius 1 is 1.15 bits per heavy atom. The SMILES string of the molecule is CC/C(=N\NC(=O)c1nnn(-c2nonc2N)c1CSc1ccc(C)cc1)c1ccccc1. The van der Waals surface area contributed by atoms with E-state index in [9.17, 15) is 4.79 Å². The van der Waals surface area contributed by atoms with Crippen molar-refractivity contribution in [2.24, 2.45) is 5.10 Å². The predicted octanol–water partition coefficient (Wildman–Crippen LogP) is 3.38. The lowest BCUT2D eigenvalue weighted by molar-refractivity contribution is 0.0949. The highest BCUT2D eigenvalue weighted by atomic mass is 32.2. The number of aryl methyl sites for hydroxylation is 1. The van der Waals surface area contributed by atoms with Gasteiger partial charge in [-0.2, -0.15) is 9.78 Å². The summed E-state index contributed by atoms with van der Waals surface area (Å²) in [4.78, 5) is 14.0. The Hall–Kier alpha value is -3.99. The molecule has 0 radical (unpaired) electrons. The molecule has 2 heterocycles. The van der Waals surface area contributed by atoms with Crippen molar-refractivity contribution in [2.45, 2.75) is 30.9 Å². The van der Waals surface area contributed by atoms with E-state index in [2.05, 4.69) is 31.2 Å². The van der Waals surface area contributed by atoms with Gasteiger partial charge in [0.05, 0.1) is 11.4 Å². The molecule has 33 heavy (non-hydrogen) atoms. The lowest BCUT2D eigenvalue weighted by Gasteiger charge is -2.07. The van der Waals surface area contributed by atoms with E-state index in [1.54, 1.807) is 0 Å². The summed E-state index contributed by atoms with van der Waals surface area (Å²) >= 11 is 1.53. The van der Waals surface area contributed by atoms with Crippen LogP contribution in [0.2, 0.25) is 0 Å². The second-order valence-electron chi connectivity index (χ2n) is 7.09. The number of anilines is 1. The first kappa shape index (κ1) is 22.2. The lowest BCUT2D eigenvalue weighted by Crippen LogP contribution is -2.22. The van der Waals surface area contributed by atoms with Gasteiger partial charge in [-0.3, -0.25) is 4.79 Å². The summed E-state index contributed by atoms with van der Waals surface area (Å²) in [5.41, 5.74) is 11.9. The molecule has 3 N–H and O–H groups in total. The summed E-state index contributed by atoms with van der Waals surface area (Å²) in [6.07, 6.45) is 0.647. The third-order valence-electron chi connectivity index (χ3n) is 4.81. The van der Waals surface area contributed by atoms with Crippen molar-refractivity contribution in [2.75, 3.05) is 5.73 Å². The largest absolute Gasteiger partial charge is 0.378 e. The molecule has 4 aromatic rings. The van der Waals surface area contributed by atoms with Crippen LogP contribution in [0.5, 0.6) is 0 Å². The van der Waals surface area contributed by atoms with Crippen molar-refractivity contribution in [3.63, 3.8) is 0 Å². The molecule has 0 saturated carbocycles. The molecule has 0 atom stereocenters. The number of nitrogens with two attached hydrogens (primary N) is 1. The fourth-order valence-electron chi connectivity index (χ4n) is 3.05. The summed E-state index contributed by atoms with van der Waals surface area (Å²) < 4.78 is 6.06.